The fourth-order valence-electron chi connectivity index (χ4n) is 4.87. The number of amides is 2. The summed E-state index contributed by atoms with van der Waals surface area (Å²) in [7, 11) is 0. The van der Waals surface area contributed by atoms with Crippen molar-refractivity contribution in [1.29, 1.82) is 0 Å². The predicted molar refractivity (Wildman–Crippen MR) is 138 cm³/mol. The molecule has 6 nitrogen and oxygen atoms in total. The molecule has 3 heterocycles. The topological polar surface area (TPSA) is 63.0 Å². The number of rotatable bonds is 4. The Kier molecular flexibility index (Phi) is 5.60. The van der Waals surface area contributed by atoms with Crippen molar-refractivity contribution in [2.75, 3.05) is 9.96 Å². The van der Waals surface area contributed by atoms with E-state index in [0.717, 1.165) is 5.56 Å². The molecule has 2 aliphatic rings. The minimum Gasteiger partial charge on any atom is -0.459 e. The summed E-state index contributed by atoms with van der Waals surface area (Å²) in [4.78, 5) is 34.6. The summed E-state index contributed by atoms with van der Waals surface area (Å²) in [6, 6.07) is 24.7. The van der Waals surface area contributed by atoms with Crippen molar-refractivity contribution in [3.05, 3.63) is 106 Å². The SMILES string of the molecule is Cc1cccc(N2C(=O)[C@H]3[C@H](ON(c4ccccc4)[C@H]3c3ccc(-c4ccc(Cl)cc4Cl)o3)C2=O)c1. The van der Waals surface area contributed by atoms with Gasteiger partial charge in [-0.1, -0.05) is 53.5 Å². The first-order valence-electron chi connectivity index (χ1n) is 11.4. The normalized spacial score (nSPS) is 21.4. The summed E-state index contributed by atoms with van der Waals surface area (Å²) < 4.78 is 6.25. The van der Waals surface area contributed by atoms with Gasteiger partial charge in [-0.3, -0.25) is 14.4 Å². The molecule has 6 rings (SSSR count). The Labute approximate surface area is 217 Å². The highest BCUT2D eigenvalue weighted by molar-refractivity contribution is 6.36. The molecule has 0 aliphatic carbocycles. The van der Waals surface area contributed by atoms with Crippen LogP contribution in [0.2, 0.25) is 10.0 Å². The summed E-state index contributed by atoms with van der Waals surface area (Å²) in [5.41, 5.74) is 2.86. The number of imide groups is 1. The molecule has 2 fully saturated rings. The van der Waals surface area contributed by atoms with Crippen molar-refractivity contribution >= 4 is 46.4 Å². The number of nitrogens with zero attached hydrogens (tertiary/aromatic N) is 2. The standard InChI is InChI=1S/C28H20Cl2N2O4/c1-16-6-5-9-19(14-16)31-27(33)24-25(32(36-26(24)28(31)34)18-7-3-2-4-8-18)23-13-12-22(35-23)20-11-10-17(29)15-21(20)30/h2-15,24-26H,1H3/t24-,25+,26+/m1/s1. The number of halogens is 2. The van der Waals surface area contributed by atoms with Gasteiger partial charge in [-0.15, -0.1) is 0 Å². The number of fused-ring (bicyclic) bond motifs is 1. The van der Waals surface area contributed by atoms with Crippen molar-refractivity contribution in [2.45, 2.75) is 19.1 Å². The molecule has 1 aromatic heterocycles. The molecule has 0 radical (unpaired) electrons. The molecule has 3 atom stereocenters. The molecule has 0 saturated carbocycles. The summed E-state index contributed by atoms with van der Waals surface area (Å²) in [5.74, 6) is -0.513. The van der Waals surface area contributed by atoms with Crippen molar-refractivity contribution in [2.24, 2.45) is 5.92 Å². The van der Waals surface area contributed by atoms with Gasteiger partial charge in [0.25, 0.3) is 5.91 Å². The summed E-state index contributed by atoms with van der Waals surface area (Å²) >= 11 is 12.5. The molecule has 0 spiro atoms. The van der Waals surface area contributed by atoms with Crippen LogP contribution in [0.5, 0.6) is 0 Å². The van der Waals surface area contributed by atoms with E-state index in [1.807, 2.05) is 55.5 Å². The quantitative estimate of drug-likeness (QED) is 0.284. The van der Waals surface area contributed by atoms with Gasteiger partial charge in [0.2, 0.25) is 5.91 Å². The van der Waals surface area contributed by atoms with E-state index in [1.165, 1.54) is 4.90 Å². The van der Waals surface area contributed by atoms with E-state index in [-0.39, 0.29) is 5.91 Å². The van der Waals surface area contributed by atoms with Gasteiger partial charge in [0.1, 0.15) is 23.5 Å². The number of anilines is 2. The lowest BCUT2D eigenvalue weighted by Crippen LogP contribution is -2.37. The lowest BCUT2D eigenvalue weighted by Gasteiger charge is -2.27. The van der Waals surface area contributed by atoms with E-state index in [9.17, 15) is 9.59 Å². The third-order valence-electron chi connectivity index (χ3n) is 6.50. The first-order valence-corrected chi connectivity index (χ1v) is 12.2. The molecule has 3 aromatic carbocycles. The number of hydrogen-bond donors (Lipinski definition) is 0. The van der Waals surface area contributed by atoms with E-state index >= 15 is 0 Å². The van der Waals surface area contributed by atoms with Crippen molar-refractivity contribution in [1.82, 2.24) is 0 Å². The summed E-state index contributed by atoms with van der Waals surface area (Å²) in [6.07, 6.45) is -0.976. The van der Waals surface area contributed by atoms with Crippen molar-refractivity contribution in [3.8, 4) is 11.3 Å². The number of carbonyl (C=O) groups excluding carboxylic acids is 2. The highest BCUT2D eigenvalue weighted by atomic mass is 35.5. The van der Waals surface area contributed by atoms with Crippen LogP contribution in [0.15, 0.2) is 89.3 Å². The largest absolute Gasteiger partial charge is 0.459 e. The fraction of sp³-hybridized carbons (Fsp3) is 0.143. The molecule has 36 heavy (non-hydrogen) atoms. The number of hydroxylamine groups is 1. The highest BCUT2D eigenvalue weighted by Gasteiger charge is 2.61. The molecule has 2 saturated heterocycles. The average Bonchev–Trinajstić information content (AvgIpc) is 3.55. The van der Waals surface area contributed by atoms with Crippen molar-refractivity contribution < 1.29 is 18.8 Å². The molecular weight excluding hydrogens is 499 g/mol. The highest BCUT2D eigenvalue weighted by Crippen LogP contribution is 2.48. The van der Waals surface area contributed by atoms with Crippen LogP contribution in [0.4, 0.5) is 11.4 Å². The van der Waals surface area contributed by atoms with E-state index in [1.54, 1.807) is 41.5 Å². The second-order valence-corrected chi connectivity index (χ2v) is 9.68. The lowest BCUT2D eigenvalue weighted by atomic mass is 9.94. The number of furan rings is 1. The molecule has 2 amide bonds. The van der Waals surface area contributed by atoms with Crippen LogP contribution < -0.4 is 9.96 Å². The third kappa shape index (κ3) is 3.69. The van der Waals surface area contributed by atoms with E-state index < -0.39 is 24.0 Å². The fourth-order valence-corrected chi connectivity index (χ4v) is 5.37. The van der Waals surface area contributed by atoms with Gasteiger partial charge in [0.15, 0.2) is 6.10 Å². The zero-order valence-electron chi connectivity index (χ0n) is 19.1. The van der Waals surface area contributed by atoms with Crippen LogP contribution in [0.3, 0.4) is 0 Å². The molecule has 2 aliphatic heterocycles. The van der Waals surface area contributed by atoms with Crippen LogP contribution in [-0.4, -0.2) is 17.9 Å². The first-order chi connectivity index (χ1) is 17.4. The zero-order valence-corrected chi connectivity index (χ0v) is 20.6. The van der Waals surface area contributed by atoms with Gasteiger partial charge >= 0.3 is 0 Å². The van der Waals surface area contributed by atoms with Crippen LogP contribution in [0.1, 0.15) is 17.4 Å². The van der Waals surface area contributed by atoms with Crippen LogP contribution in [0.25, 0.3) is 11.3 Å². The molecule has 0 bridgehead atoms. The second kappa shape index (κ2) is 8.82. The maximum Gasteiger partial charge on any atom is 0.266 e. The second-order valence-electron chi connectivity index (χ2n) is 8.84. The molecule has 8 heteroatoms. The maximum atomic E-state index is 13.8. The Balaban J connectivity index is 1.43. The van der Waals surface area contributed by atoms with E-state index in [4.69, 9.17) is 32.5 Å². The van der Waals surface area contributed by atoms with Gasteiger partial charge in [-0.2, -0.15) is 0 Å². The molecular formula is C28H20Cl2N2O4. The van der Waals surface area contributed by atoms with Gasteiger partial charge in [-0.25, -0.2) is 9.96 Å². The minimum atomic E-state index is -0.976. The van der Waals surface area contributed by atoms with Crippen LogP contribution in [-0.2, 0) is 14.4 Å². The van der Waals surface area contributed by atoms with Crippen molar-refractivity contribution in [3.63, 3.8) is 0 Å². The van der Waals surface area contributed by atoms with Gasteiger partial charge in [-0.05, 0) is 67.1 Å². The predicted octanol–water partition coefficient (Wildman–Crippen LogP) is 6.61. The number of aryl methyl sites for hydroxylation is 1. The van der Waals surface area contributed by atoms with Gasteiger partial charge in [0.05, 0.1) is 16.4 Å². The third-order valence-corrected chi connectivity index (χ3v) is 7.05. The van der Waals surface area contributed by atoms with Crippen LogP contribution in [0, 0.1) is 12.8 Å². The molecule has 180 valence electrons. The van der Waals surface area contributed by atoms with Gasteiger partial charge in [0, 0.05) is 10.6 Å². The average molecular weight is 519 g/mol. The molecule has 0 N–H and O–H groups in total. The first kappa shape index (κ1) is 22.9. The molecule has 4 aromatic rings. The number of hydrogen-bond acceptors (Lipinski definition) is 5. The Morgan fingerprint density at radius 3 is 2.33 bits per heavy atom. The number of benzene rings is 3. The Hall–Kier alpha value is -3.58. The lowest BCUT2D eigenvalue weighted by molar-refractivity contribution is -0.126. The molecule has 0 unspecified atom stereocenters. The number of carbonyl (C=O) groups is 2. The minimum absolute atomic E-state index is 0.332. The Bertz CT molecular complexity index is 1490. The van der Waals surface area contributed by atoms with E-state index in [2.05, 4.69) is 0 Å². The zero-order chi connectivity index (χ0) is 25.0. The number of para-hydroxylation sites is 1. The van der Waals surface area contributed by atoms with Gasteiger partial charge < -0.3 is 4.42 Å². The smallest absolute Gasteiger partial charge is 0.266 e. The monoisotopic (exact) mass is 518 g/mol. The maximum absolute atomic E-state index is 13.8. The summed E-state index contributed by atoms with van der Waals surface area (Å²) in [6.45, 7) is 1.91. The van der Waals surface area contributed by atoms with Crippen LogP contribution >= 0.6 is 23.2 Å². The Morgan fingerprint density at radius 2 is 1.58 bits per heavy atom. The van der Waals surface area contributed by atoms with E-state index in [0.29, 0.717) is 38.5 Å². The Morgan fingerprint density at radius 1 is 0.806 bits per heavy atom. The summed E-state index contributed by atoms with van der Waals surface area (Å²) in [5, 5.41) is 2.57.